The van der Waals surface area contributed by atoms with Crippen molar-refractivity contribution in [1.82, 2.24) is 14.3 Å². The number of hydrogen-bond donors (Lipinski definition) is 0. The molecule has 0 N–H and O–H groups in total. The van der Waals surface area contributed by atoms with Gasteiger partial charge in [-0.15, -0.1) is 0 Å². The topological polar surface area (TPSA) is 39.8 Å². The summed E-state index contributed by atoms with van der Waals surface area (Å²) in [6.45, 7) is 2.65. The number of halogens is 1. The highest BCUT2D eigenvalue weighted by atomic mass is 35.5. The molecule has 0 aromatic carbocycles. The molecule has 0 unspecified atom stereocenters. The van der Waals surface area contributed by atoms with Crippen LogP contribution in [0.15, 0.2) is 18.5 Å². The van der Waals surface area contributed by atoms with E-state index in [9.17, 15) is 4.79 Å². The molecule has 0 atom stereocenters. The second-order valence-corrected chi connectivity index (χ2v) is 4.30. The highest BCUT2D eigenvalue weighted by Crippen LogP contribution is 2.21. The largest absolute Gasteiger partial charge is 0.348 e. The third-order valence-electron chi connectivity index (χ3n) is 2.74. The molecule has 90 valence electrons. The van der Waals surface area contributed by atoms with Crippen LogP contribution >= 0.6 is 11.6 Å². The van der Waals surface area contributed by atoms with Gasteiger partial charge in [-0.3, -0.25) is 9.48 Å². The summed E-state index contributed by atoms with van der Waals surface area (Å²) < 4.78 is 3.72. The summed E-state index contributed by atoms with van der Waals surface area (Å²) in [6.07, 6.45) is 5.30. The van der Waals surface area contributed by atoms with E-state index in [1.807, 2.05) is 24.7 Å². The molecule has 0 aliphatic heterocycles. The number of rotatable bonds is 4. The first kappa shape index (κ1) is 11.9. The van der Waals surface area contributed by atoms with Gasteiger partial charge in [-0.25, -0.2) is 0 Å². The summed E-state index contributed by atoms with van der Waals surface area (Å²) in [5.74, 6) is 0. The van der Waals surface area contributed by atoms with E-state index in [2.05, 4.69) is 5.10 Å². The molecule has 0 spiro atoms. The van der Waals surface area contributed by atoms with E-state index >= 15 is 0 Å². The Labute approximate surface area is 105 Å². The molecule has 0 saturated carbocycles. The van der Waals surface area contributed by atoms with Crippen LogP contribution in [0.1, 0.15) is 28.7 Å². The maximum atomic E-state index is 10.6. The molecule has 0 amide bonds. The highest BCUT2D eigenvalue weighted by Gasteiger charge is 2.13. The number of hydrogen-bond acceptors (Lipinski definition) is 2. The van der Waals surface area contributed by atoms with Gasteiger partial charge in [0.2, 0.25) is 0 Å². The average Bonchev–Trinajstić information content (AvgIpc) is 2.88. The SMILES string of the molecule is CCc1nn(C)c(Cn2ccc(C=O)c2)c1Cl. The van der Waals surface area contributed by atoms with Crippen LogP contribution in [0.25, 0.3) is 0 Å². The Kier molecular flexibility index (Phi) is 3.33. The Morgan fingerprint density at radius 1 is 1.53 bits per heavy atom. The standard InChI is InChI=1S/C12H14ClN3O/c1-3-10-12(13)11(15(2)14-10)7-16-5-4-9(6-16)8-17/h4-6,8H,3,7H2,1-2H3. The fourth-order valence-corrected chi connectivity index (χ4v) is 2.15. The van der Waals surface area contributed by atoms with E-state index in [-0.39, 0.29) is 0 Å². The fraction of sp³-hybridized carbons (Fsp3) is 0.333. The summed E-state index contributed by atoms with van der Waals surface area (Å²) in [4.78, 5) is 10.6. The van der Waals surface area contributed by atoms with Gasteiger partial charge in [0.1, 0.15) is 0 Å². The van der Waals surface area contributed by atoms with Crippen LogP contribution in [0.4, 0.5) is 0 Å². The molecular weight excluding hydrogens is 238 g/mol. The zero-order valence-electron chi connectivity index (χ0n) is 9.85. The van der Waals surface area contributed by atoms with Crippen molar-refractivity contribution in [3.63, 3.8) is 0 Å². The van der Waals surface area contributed by atoms with Crippen LogP contribution in [0.5, 0.6) is 0 Å². The highest BCUT2D eigenvalue weighted by molar-refractivity contribution is 6.31. The summed E-state index contributed by atoms with van der Waals surface area (Å²) in [5, 5.41) is 5.07. The van der Waals surface area contributed by atoms with Crippen molar-refractivity contribution in [2.45, 2.75) is 19.9 Å². The summed E-state index contributed by atoms with van der Waals surface area (Å²) >= 11 is 6.25. The third-order valence-corrected chi connectivity index (χ3v) is 3.18. The van der Waals surface area contributed by atoms with Gasteiger partial charge < -0.3 is 4.57 Å². The van der Waals surface area contributed by atoms with Gasteiger partial charge in [-0.1, -0.05) is 18.5 Å². The van der Waals surface area contributed by atoms with Crippen molar-refractivity contribution in [3.05, 3.63) is 40.4 Å². The Hall–Kier alpha value is -1.55. The second kappa shape index (κ2) is 4.75. The number of carbonyl (C=O) groups excluding carboxylic acids is 1. The minimum Gasteiger partial charge on any atom is -0.348 e. The second-order valence-electron chi connectivity index (χ2n) is 3.92. The lowest BCUT2D eigenvalue weighted by molar-refractivity contribution is 0.112. The molecule has 2 aromatic heterocycles. The lowest BCUT2D eigenvalue weighted by Crippen LogP contribution is -2.04. The smallest absolute Gasteiger partial charge is 0.151 e. The van der Waals surface area contributed by atoms with Gasteiger partial charge >= 0.3 is 0 Å². The van der Waals surface area contributed by atoms with E-state index in [0.717, 1.165) is 29.1 Å². The summed E-state index contributed by atoms with van der Waals surface area (Å²) in [6, 6.07) is 1.78. The number of nitrogens with zero attached hydrogens (tertiary/aromatic N) is 3. The Bertz CT molecular complexity index is 542. The predicted octanol–water partition coefficient (Wildman–Crippen LogP) is 2.30. The average molecular weight is 252 g/mol. The van der Waals surface area contributed by atoms with Crippen LogP contribution in [0.3, 0.4) is 0 Å². The summed E-state index contributed by atoms with van der Waals surface area (Å²) in [7, 11) is 1.88. The van der Waals surface area contributed by atoms with Crippen molar-refractivity contribution in [2.75, 3.05) is 0 Å². The summed E-state index contributed by atoms with van der Waals surface area (Å²) in [5.41, 5.74) is 2.53. The van der Waals surface area contributed by atoms with Crippen LogP contribution < -0.4 is 0 Å². The molecule has 0 aliphatic carbocycles. The van der Waals surface area contributed by atoms with Gasteiger partial charge in [-0.2, -0.15) is 5.10 Å². The van der Waals surface area contributed by atoms with Gasteiger partial charge in [0, 0.05) is 25.0 Å². The first-order valence-corrected chi connectivity index (χ1v) is 5.84. The number of aromatic nitrogens is 3. The van der Waals surface area contributed by atoms with Gasteiger partial charge in [0.15, 0.2) is 6.29 Å². The molecule has 2 rings (SSSR count). The van der Waals surface area contributed by atoms with Crippen LogP contribution in [-0.4, -0.2) is 20.6 Å². The van der Waals surface area contributed by atoms with Crippen molar-refractivity contribution in [3.8, 4) is 0 Å². The third kappa shape index (κ3) is 2.26. The van der Waals surface area contributed by atoms with Crippen molar-refractivity contribution in [2.24, 2.45) is 7.05 Å². The normalized spacial score (nSPS) is 10.8. The van der Waals surface area contributed by atoms with Crippen molar-refractivity contribution in [1.29, 1.82) is 0 Å². The molecule has 2 heterocycles. The molecule has 5 heteroatoms. The lowest BCUT2D eigenvalue weighted by Gasteiger charge is -2.04. The van der Waals surface area contributed by atoms with Crippen molar-refractivity contribution < 1.29 is 4.79 Å². The Balaban J connectivity index is 2.29. The molecule has 0 bridgehead atoms. The lowest BCUT2D eigenvalue weighted by atomic mass is 10.3. The number of carbonyl (C=O) groups is 1. The number of aldehydes is 1. The molecule has 0 aliphatic rings. The quantitative estimate of drug-likeness (QED) is 0.783. The maximum Gasteiger partial charge on any atom is 0.151 e. The van der Waals surface area contributed by atoms with E-state index < -0.39 is 0 Å². The first-order valence-electron chi connectivity index (χ1n) is 5.47. The van der Waals surface area contributed by atoms with E-state index in [1.54, 1.807) is 16.9 Å². The molecule has 0 saturated heterocycles. The fourth-order valence-electron chi connectivity index (χ4n) is 1.79. The van der Waals surface area contributed by atoms with Crippen molar-refractivity contribution >= 4 is 17.9 Å². The van der Waals surface area contributed by atoms with E-state index in [4.69, 9.17) is 11.6 Å². The molecule has 4 nitrogen and oxygen atoms in total. The maximum absolute atomic E-state index is 10.6. The van der Waals surface area contributed by atoms with Crippen LogP contribution in [0, 0.1) is 0 Å². The Morgan fingerprint density at radius 3 is 2.82 bits per heavy atom. The first-order chi connectivity index (χ1) is 8.15. The van der Waals surface area contributed by atoms with Crippen LogP contribution in [0.2, 0.25) is 5.02 Å². The predicted molar refractivity (Wildman–Crippen MR) is 66.5 cm³/mol. The van der Waals surface area contributed by atoms with Gasteiger partial charge in [0.25, 0.3) is 0 Å². The zero-order chi connectivity index (χ0) is 12.4. The molecule has 0 radical (unpaired) electrons. The molecule has 0 fully saturated rings. The number of aryl methyl sites for hydroxylation is 2. The van der Waals surface area contributed by atoms with Crippen LogP contribution in [-0.2, 0) is 20.0 Å². The zero-order valence-corrected chi connectivity index (χ0v) is 10.6. The molecule has 17 heavy (non-hydrogen) atoms. The Morgan fingerprint density at radius 2 is 2.29 bits per heavy atom. The minimum atomic E-state index is 0.621. The van der Waals surface area contributed by atoms with E-state index in [0.29, 0.717) is 12.1 Å². The van der Waals surface area contributed by atoms with Gasteiger partial charge in [-0.05, 0) is 12.5 Å². The van der Waals surface area contributed by atoms with E-state index in [1.165, 1.54) is 0 Å². The minimum absolute atomic E-state index is 0.621. The monoisotopic (exact) mass is 251 g/mol. The van der Waals surface area contributed by atoms with Gasteiger partial charge in [0.05, 0.1) is 23.0 Å². The molecular formula is C12H14ClN3O. The molecule has 2 aromatic rings.